The van der Waals surface area contributed by atoms with Crippen molar-refractivity contribution in [2.75, 3.05) is 26.2 Å². The van der Waals surface area contributed by atoms with Gasteiger partial charge in [-0.1, -0.05) is 35.9 Å². The van der Waals surface area contributed by atoms with Crippen LogP contribution in [0, 0.1) is 17.0 Å². The molecule has 2 aromatic rings. The minimum Gasteiger partial charge on any atom is -0.502 e. The minimum absolute atomic E-state index is 0.0675. The van der Waals surface area contributed by atoms with E-state index in [0.717, 1.165) is 6.54 Å². The first-order valence-corrected chi connectivity index (χ1v) is 8.49. The fraction of sp³-hybridized carbons (Fsp3) is 0.316. The number of carbonyl (C=O) groups is 1. The zero-order valence-corrected chi connectivity index (χ0v) is 14.6. The monoisotopic (exact) mass is 355 g/mol. The molecule has 1 saturated heterocycles. The number of carbonyl (C=O) groups excluding carboxylic acids is 1. The molecule has 0 radical (unpaired) electrons. The number of aryl methyl sites for hydroxylation is 1. The van der Waals surface area contributed by atoms with E-state index in [2.05, 4.69) is 30.0 Å². The normalized spacial score (nSPS) is 15.0. The Kier molecular flexibility index (Phi) is 5.18. The molecule has 0 unspecified atom stereocenters. The second-order valence-corrected chi connectivity index (χ2v) is 6.49. The molecule has 0 saturated carbocycles. The quantitative estimate of drug-likeness (QED) is 0.673. The summed E-state index contributed by atoms with van der Waals surface area (Å²) in [6.07, 6.45) is 0. The minimum atomic E-state index is -0.712. The Balaban J connectivity index is 1.66. The van der Waals surface area contributed by atoms with Crippen molar-refractivity contribution >= 4 is 11.6 Å². The molecule has 1 aliphatic rings. The maximum absolute atomic E-state index is 12.7. The van der Waals surface area contributed by atoms with Crippen LogP contribution >= 0.6 is 0 Å². The van der Waals surface area contributed by atoms with Crippen LogP contribution in [0.4, 0.5) is 5.69 Å². The number of nitro benzene ring substituents is 1. The summed E-state index contributed by atoms with van der Waals surface area (Å²) in [6.45, 7) is 5.27. The molecule has 7 heteroatoms. The number of nitrogens with zero attached hydrogens (tertiary/aromatic N) is 3. The fourth-order valence-corrected chi connectivity index (χ4v) is 3.24. The van der Waals surface area contributed by atoms with Crippen molar-refractivity contribution in [1.29, 1.82) is 0 Å². The summed E-state index contributed by atoms with van der Waals surface area (Å²) in [7, 11) is 0. The molecule has 7 nitrogen and oxygen atoms in total. The number of rotatable bonds is 4. The van der Waals surface area contributed by atoms with Crippen LogP contribution in [0.2, 0.25) is 0 Å². The van der Waals surface area contributed by atoms with Gasteiger partial charge in [0.2, 0.25) is 0 Å². The van der Waals surface area contributed by atoms with E-state index in [9.17, 15) is 20.0 Å². The number of phenols is 1. The molecule has 0 bridgehead atoms. The van der Waals surface area contributed by atoms with Crippen LogP contribution in [0.3, 0.4) is 0 Å². The van der Waals surface area contributed by atoms with Crippen molar-refractivity contribution in [3.8, 4) is 5.75 Å². The Morgan fingerprint density at radius 1 is 1.15 bits per heavy atom. The van der Waals surface area contributed by atoms with E-state index < -0.39 is 22.3 Å². The number of phenolic OH excluding ortho intramolecular Hbond substituents is 1. The smallest absolute Gasteiger partial charge is 0.323 e. The van der Waals surface area contributed by atoms with Crippen LogP contribution < -0.4 is 0 Å². The summed E-state index contributed by atoms with van der Waals surface area (Å²) < 4.78 is 0. The number of nitro groups is 1. The van der Waals surface area contributed by atoms with Crippen molar-refractivity contribution in [1.82, 2.24) is 9.80 Å². The zero-order chi connectivity index (χ0) is 18.7. The third-order valence-corrected chi connectivity index (χ3v) is 4.58. The predicted octanol–water partition coefficient (Wildman–Crippen LogP) is 2.57. The molecule has 0 aliphatic carbocycles. The lowest BCUT2D eigenvalue weighted by Gasteiger charge is -2.34. The van der Waals surface area contributed by atoms with Crippen molar-refractivity contribution in [2.24, 2.45) is 0 Å². The van der Waals surface area contributed by atoms with Crippen LogP contribution in [0.1, 0.15) is 21.5 Å². The topological polar surface area (TPSA) is 86.9 Å². The van der Waals surface area contributed by atoms with E-state index in [1.165, 1.54) is 29.3 Å². The second-order valence-electron chi connectivity index (χ2n) is 6.49. The molecule has 1 amide bonds. The van der Waals surface area contributed by atoms with Crippen LogP contribution in [-0.4, -0.2) is 51.9 Å². The Morgan fingerprint density at radius 3 is 2.50 bits per heavy atom. The summed E-state index contributed by atoms with van der Waals surface area (Å²) in [5.74, 6) is -0.901. The summed E-state index contributed by atoms with van der Waals surface area (Å²) in [4.78, 5) is 27.0. The van der Waals surface area contributed by atoms with Gasteiger partial charge in [-0.2, -0.15) is 0 Å². The van der Waals surface area contributed by atoms with Crippen molar-refractivity contribution in [3.63, 3.8) is 0 Å². The lowest BCUT2D eigenvalue weighted by molar-refractivity contribution is -0.386. The Hall–Kier alpha value is -2.93. The SMILES string of the molecule is Cc1cccc(CN2CCN(C(=O)c3cccc(O)c3[N+](=O)[O-])CC2)c1. The first-order valence-electron chi connectivity index (χ1n) is 8.49. The van der Waals surface area contributed by atoms with E-state index in [4.69, 9.17) is 0 Å². The molecule has 2 aromatic carbocycles. The number of hydrogen-bond acceptors (Lipinski definition) is 5. The van der Waals surface area contributed by atoms with Gasteiger partial charge in [0.1, 0.15) is 5.56 Å². The molecule has 1 aliphatic heterocycles. The second kappa shape index (κ2) is 7.53. The predicted molar refractivity (Wildman–Crippen MR) is 97.1 cm³/mol. The molecule has 0 spiro atoms. The highest BCUT2D eigenvalue weighted by Gasteiger charge is 2.29. The molecule has 0 aromatic heterocycles. The third-order valence-electron chi connectivity index (χ3n) is 4.58. The molecule has 1 heterocycles. The summed E-state index contributed by atoms with van der Waals surface area (Å²) in [6, 6.07) is 12.4. The fourth-order valence-electron chi connectivity index (χ4n) is 3.24. The molecule has 1 N–H and O–H groups in total. The van der Waals surface area contributed by atoms with Crippen LogP contribution in [0.25, 0.3) is 0 Å². The molecular formula is C19H21N3O4. The van der Waals surface area contributed by atoms with Gasteiger partial charge < -0.3 is 10.0 Å². The van der Waals surface area contributed by atoms with E-state index in [1.807, 2.05) is 6.07 Å². The molecule has 1 fully saturated rings. The number of benzene rings is 2. The highest BCUT2D eigenvalue weighted by molar-refractivity contribution is 5.99. The maximum atomic E-state index is 12.7. The Morgan fingerprint density at radius 2 is 1.85 bits per heavy atom. The Bertz CT molecular complexity index is 829. The van der Waals surface area contributed by atoms with Crippen LogP contribution in [0.15, 0.2) is 42.5 Å². The van der Waals surface area contributed by atoms with Crippen molar-refractivity contribution in [3.05, 3.63) is 69.3 Å². The molecule has 26 heavy (non-hydrogen) atoms. The largest absolute Gasteiger partial charge is 0.502 e. The number of aromatic hydroxyl groups is 1. The van der Waals surface area contributed by atoms with Gasteiger partial charge in [0.25, 0.3) is 5.91 Å². The first-order chi connectivity index (χ1) is 12.5. The number of piperazine rings is 1. The van der Waals surface area contributed by atoms with Gasteiger partial charge in [-0.25, -0.2) is 0 Å². The van der Waals surface area contributed by atoms with E-state index in [-0.39, 0.29) is 5.56 Å². The summed E-state index contributed by atoms with van der Waals surface area (Å²) in [5.41, 5.74) is 1.85. The lowest BCUT2D eigenvalue weighted by Crippen LogP contribution is -2.48. The van der Waals surface area contributed by atoms with Gasteiger partial charge in [0, 0.05) is 32.7 Å². The molecular weight excluding hydrogens is 334 g/mol. The van der Waals surface area contributed by atoms with Crippen molar-refractivity contribution < 1.29 is 14.8 Å². The maximum Gasteiger partial charge on any atom is 0.323 e. The number of para-hydroxylation sites is 1. The van der Waals surface area contributed by atoms with Gasteiger partial charge in [0.05, 0.1) is 4.92 Å². The highest BCUT2D eigenvalue weighted by Crippen LogP contribution is 2.30. The Labute approximate surface area is 151 Å². The molecule has 0 atom stereocenters. The van der Waals surface area contributed by atoms with Crippen LogP contribution in [0.5, 0.6) is 5.75 Å². The van der Waals surface area contributed by atoms with E-state index >= 15 is 0 Å². The third kappa shape index (κ3) is 3.83. The van der Waals surface area contributed by atoms with Gasteiger partial charge in [-0.15, -0.1) is 0 Å². The van der Waals surface area contributed by atoms with Gasteiger partial charge >= 0.3 is 5.69 Å². The number of amides is 1. The summed E-state index contributed by atoms with van der Waals surface area (Å²) in [5, 5.41) is 20.9. The number of hydrogen-bond donors (Lipinski definition) is 1. The first kappa shape index (κ1) is 17.9. The average Bonchev–Trinajstić information content (AvgIpc) is 2.61. The summed E-state index contributed by atoms with van der Waals surface area (Å²) >= 11 is 0. The van der Waals surface area contributed by atoms with E-state index in [1.54, 1.807) is 4.90 Å². The van der Waals surface area contributed by atoms with Crippen molar-refractivity contribution in [2.45, 2.75) is 13.5 Å². The van der Waals surface area contributed by atoms with Gasteiger partial charge in [0.15, 0.2) is 5.75 Å². The van der Waals surface area contributed by atoms with Crippen LogP contribution in [-0.2, 0) is 6.54 Å². The highest BCUT2D eigenvalue weighted by atomic mass is 16.6. The molecule has 136 valence electrons. The lowest BCUT2D eigenvalue weighted by atomic mass is 10.1. The standard InChI is InChI=1S/C19H21N3O4/c1-14-4-2-5-15(12-14)13-20-8-10-21(11-9-20)19(24)16-6-3-7-17(23)18(16)22(25)26/h2-7,12,23H,8-11,13H2,1H3. The molecule has 3 rings (SSSR count). The average molecular weight is 355 g/mol. The van der Waals surface area contributed by atoms with Gasteiger partial charge in [-0.05, 0) is 24.6 Å². The van der Waals surface area contributed by atoms with E-state index in [0.29, 0.717) is 26.2 Å². The zero-order valence-electron chi connectivity index (χ0n) is 14.6. The van der Waals surface area contributed by atoms with Gasteiger partial charge in [-0.3, -0.25) is 19.8 Å².